The highest BCUT2D eigenvalue weighted by atomic mass is 32.1. The molecule has 1 N–H and O–H groups in total. The number of aliphatic hydroxyl groups excluding tert-OH is 1. The first-order chi connectivity index (χ1) is 6.81. The number of aliphatic hydroxyl groups is 1. The number of benzene rings is 1. The second-order valence-electron chi connectivity index (χ2n) is 2.90. The van der Waals surface area contributed by atoms with E-state index in [1.54, 1.807) is 18.2 Å². The molecule has 0 saturated carbocycles. The van der Waals surface area contributed by atoms with Gasteiger partial charge < -0.3 is 5.11 Å². The van der Waals surface area contributed by atoms with Crippen LogP contribution in [0.25, 0.3) is 10.4 Å². The second-order valence-corrected chi connectivity index (χ2v) is 4.07. The fourth-order valence-corrected chi connectivity index (χ4v) is 2.16. The van der Waals surface area contributed by atoms with Crippen molar-refractivity contribution in [3.8, 4) is 10.4 Å². The summed E-state index contributed by atoms with van der Waals surface area (Å²) in [5.74, 6) is -0.223. The van der Waals surface area contributed by atoms with E-state index in [4.69, 9.17) is 5.11 Å². The van der Waals surface area contributed by atoms with Crippen molar-refractivity contribution < 1.29 is 9.50 Å². The molecule has 14 heavy (non-hydrogen) atoms. The third kappa shape index (κ3) is 1.69. The van der Waals surface area contributed by atoms with E-state index in [0.717, 1.165) is 9.75 Å². The summed E-state index contributed by atoms with van der Waals surface area (Å²) in [6, 6.07) is 10.3. The lowest BCUT2D eigenvalue weighted by Gasteiger charge is -1.97. The molecule has 0 saturated heterocycles. The molecule has 1 aromatic carbocycles. The standard InChI is InChI=1S/C11H9FOS/c12-10-4-2-1-3-9(10)11-6-5-8(7-13)14-11/h1-6,13H,7H2. The SMILES string of the molecule is OCc1ccc(-c2ccccc2F)s1. The molecular formula is C11H9FOS. The molecule has 72 valence electrons. The molecule has 0 aliphatic rings. The summed E-state index contributed by atoms with van der Waals surface area (Å²) >= 11 is 1.41. The van der Waals surface area contributed by atoms with E-state index in [1.807, 2.05) is 12.1 Å². The summed E-state index contributed by atoms with van der Waals surface area (Å²) in [6.45, 7) is 0.0130. The van der Waals surface area contributed by atoms with Crippen LogP contribution < -0.4 is 0 Å². The molecule has 0 amide bonds. The van der Waals surface area contributed by atoms with E-state index in [-0.39, 0.29) is 12.4 Å². The van der Waals surface area contributed by atoms with E-state index in [0.29, 0.717) is 5.56 Å². The highest BCUT2D eigenvalue weighted by Gasteiger charge is 2.06. The van der Waals surface area contributed by atoms with Gasteiger partial charge in [-0.1, -0.05) is 18.2 Å². The highest BCUT2D eigenvalue weighted by molar-refractivity contribution is 7.15. The van der Waals surface area contributed by atoms with Gasteiger partial charge in [-0.05, 0) is 18.2 Å². The van der Waals surface area contributed by atoms with Crippen molar-refractivity contribution in [3.05, 3.63) is 47.1 Å². The van der Waals surface area contributed by atoms with Crippen molar-refractivity contribution in [2.75, 3.05) is 0 Å². The molecule has 0 unspecified atom stereocenters. The van der Waals surface area contributed by atoms with Gasteiger partial charge in [0.2, 0.25) is 0 Å². The summed E-state index contributed by atoms with van der Waals surface area (Å²) in [6.07, 6.45) is 0. The Kier molecular flexibility index (Phi) is 2.61. The Hall–Kier alpha value is -1.19. The van der Waals surface area contributed by atoms with Crippen molar-refractivity contribution >= 4 is 11.3 Å². The van der Waals surface area contributed by atoms with Gasteiger partial charge in [0.15, 0.2) is 0 Å². The van der Waals surface area contributed by atoms with Crippen molar-refractivity contribution in [1.82, 2.24) is 0 Å². The molecule has 0 atom stereocenters. The molecule has 3 heteroatoms. The largest absolute Gasteiger partial charge is 0.391 e. The predicted molar refractivity (Wildman–Crippen MR) is 55.6 cm³/mol. The molecule has 2 aromatic rings. The Morgan fingerprint density at radius 2 is 1.93 bits per heavy atom. The van der Waals surface area contributed by atoms with Crippen molar-refractivity contribution in [3.63, 3.8) is 0 Å². The molecule has 1 heterocycles. The lowest BCUT2D eigenvalue weighted by molar-refractivity contribution is 0.285. The van der Waals surface area contributed by atoms with Gasteiger partial charge in [-0.15, -0.1) is 11.3 Å². The normalized spacial score (nSPS) is 10.4. The van der Waals surface area contributed by atoms with Gasteiger partial charge in [-0.25, -0.2) is 4.39 Å². The van der Waals surface area contributed by atoms with E-state index < -0.39 is 0 Å². The van der Waals surface area contributed by atoms with Gasteiger partial charge in [0.1, 0.15) is 5.82 Å². The number of rotatable bonds is 2. The number of thiophene rings is 1. The first kappa shape index (κ1) is 9.37. The molecular weight excluding hydrogens is 199 g/mol. The molecule has 0 spiro atoms. The summed E-state index contributed by atoms with van der Waals surface area (Å²) in [7, 11) is 0. The first-order valence-corrected chi connectivity index (χ1v) is 5.07. The van der Waals surface area contributed by atoms with Gasteiger partial charge in [0.05, 0.1) is 6.61 Å². The topological polar surface area (TPSA) is 20.2 Å². The van der Waals surface area contributed by atoms with Gasteiger partial charge in [0.25, 0.3) is 0 Å². The number of halogens is 1. The fraction of sp³-hybridized carbons (Fsp3) is 0.0909. The highest BCUT2D eigenvalue weighted by Crippen LogP contribution is 2.29. The quantitative estimate of drug-likeness (QED) is 0.804. The van der Waals surface area contributed by atoms with Gasteiger partial charge in [-0.3, -0.25) is 0 Å². The minimum atomic E-state index is -0.223. The minimum absolute atomic E-state index is 0.0130. The molecule has 0 aliphatic heterocycles. The van der Waals surface area contributed by atoms with Crippen LogP contribution in [-0.2, 0) is 6.61 Å². The van der Waals surface area contributed by atoms with Crippen LogP contribution in [0.2, 0.25) is 0 Å². The predicted octanol–water partition coefficient (Wildman–Crippen LogP) is 3.05. The van der Waals surface area contributed by atoms with Gasteiger partial charge in [0, 0.05) is 15.3 Å². The van der Waals surface area contributed by atoms with E-state index >= 15 is 0 Å². The monoisotopic (exact) mass is 208 g/mol. The Labute approximate surface area is 85.5 Å². The zero-order valence-corrected chi connectivity index (χ0v) is 8.22. The van der Waals surface area contributed by atoms with Gasteiger partial charge >= 0.3 is 0 Å². The van der Waals surface area contributed by atoms with Crippen molar-refractivity contribution in [2.45, 2.75) is 6.61 Å². The molecule has 0 fully saturated rings. The Balaban J connectivity index is 2.44. The maximum Gasteiger partial charge on any atom is 0.131 e. The van der Waals surface area contributed by atoms with Crippen molar-refractivity contribution in [2.24, 2.45) is 0 Å². The lowest BCUT2D eigenvalue weighted by atomic mass is 10.2. The molecule has 1 nitrogen and oxygen atoms in total. The summed E-state index contributed by atoms with van der Waals surface area (Å²) in [5.41, 5.74) is 0.595. The third-order valence-electron chi connectivity index (χ3n) is 1.96. The van der Waals surface area contributed by atoms with Crippen LogP contribution in [0.4, 0.5) is 4.39 Å². The minimum Gasteiger partial charge on any atom is -0.391 e. The zero-order chi connectivity index (χ0) is 9.97. The van der Waals surface area contributed by atoms with Crippen LogP contribution in [0, 0.1) is 5.82 Å². The Morgan fingerprint density at radius 1 is 1.14 bits per heavy atom. The molecule has 0 aliphatic carbocycles. The van der Waals surface area contributed by atoms with E-state index in [2.05, 4.69) is 0 Å². The third-order valence-corrected chi connectivity index (χ3v) is 3.06. The number of hydrogen-bond acceptors (Lipinski definition) is 2. The van der Waals surface area contributed by atoms with Crippen LogP contribution in [0.1, 0.15) is 4.88 Å². The van der Waals surface area contributed by atoms with Crippen LogP contribution in [-0.4, -0.2) is 5.11 Å². The second kappa shape index (κ2) is 3.90. The first-order valence-electron chi connectivity index (χ1n) is 4.26. The van der Waals surface area contributed by atoms with E-state index in [1.165, 1.54) is 17.4 Å². The average molecular weight is 208 g/mol. The number of hydrogen-bond donors (Lipinski definition) is 1. The van der Waals surface area contributed by atoms with Crippen LogP contribution in [0.3, 0.4) is 0 Å². The van der Waals surface area contributed by atoms with Gasteiger partial charge in [-0.2, -0.15) is 0 Å². The molecule has 0 radical (unpaired) electrons. The summed E-state index contributed by atoms with van der Waals surface area (Å²) < 4.78 is 13.3. The zero-order valence-electron chi connectivity index (χ0n) is 7.40. The average Bonchev–Trinajstić information content (AvgIpc) is 2.67. The van der Waals surface area contributed by atoms with Crippen LogP contribution in [0.15, 0.2) is 36.4 Å². The van der Waals surface area contributed by atoms with Crippen LogP contribution >= 0.6 is 11.3 Å². The maximum absolute atomic E-state index is 13.3. The Bertz CT molecular complexity index is 436. The summed E-state index contributed by atoms with van der Waals surface area (Å²) in [5, 5.41) is 8.88. The van der Waals surface area contributed by atoms with Crippen molar-refractivity contribution in [1.29, 1.82) is 0 Å². The fourth-order valence-electron chi connectivity index (χ4n) is 1.27. The molecule has 1 aromatic heterocycles. The van der Waals surface area contributed by atoms with Crippen LogP contribution in [0.5, 0.6) is 0 Å². The molecule has 0 bridgehead atoms. The smallest absolute Gasteiger partial charge is 0.131 e. The Morgan fingerprint density at radius 3 is 2.57 bits per heavy atom. The van der Waals surface area contributed by atoms with E-state index in [9.17, 15) is 4.39 Å². The summed E-state index contributed by atoms with van der Waals surface area (Å²) in [4.78, 5) is 1.70. The molecule has 2 rings (SSSR count). The lowest BCUT2D eigenvalue weighted by Crippen LogP contribution is -1.78. The maximum atomic E-state index is 13.3.